The fourth-order valence-corrected chi connectivity index (χ4v) is 3.47. The quantitative estimate of drug-likeness (QED) is 0.408. The Bertz CT molecular complexity index is 1260. The maximum atomic E-state index is 12.7. The van der Waals surface area contributed by atoms with Crippen molar-refractivity contribution < 1.29 is 9.53 Å². The number of hydrogen-bond acceptors (Lipinski definition) is 4. The van der Waals surface area contributed by atoms with E-state index in [4.69, 9.17) is 4.74 Å². The van der Waals surface area contributed by atoms with Crippen molar-refractivity contribution in [3.63, 3.8) is 0 Å². The Balaban J connectivity index is 1.64. The van der Waals surface area contributed by atoms with Crippen LogP contribution in [0, 0.1) is 13.8 Å². The number of aromatic nitrogens is 1. The molecule has 0 spiro atoms. The molecule has 1 aromatic heterocycles. The Morgan fingerprint density at radius 3 is 2.66 bits per heavy atom. The van der Waals surface area contributed by atoms with Gasteiger partial charge in [0.1, 0.15) is 5.75 Å². The number of hydrogen-bond donors (Lipinski definition) is 1. The largest absolute Gasteiger partial charge is 0.496 e. The van der Waals surface area contributed by atoms with Crippen LogP contribution in [0.2, 0.25) is 0 Å². The molecule has 0 saturated heterocycles. The molecule has 0 radical (unpaired) electrons. The number of methoxy groups -OCH3 is 1. The Labute approximate surface area is 169 Å². The van der Waals surface area contributed by atoms with E-state index in [2.05, 4.69) is 15.5 Å². The average Bonchev–Trinajstić information content (AvgIpc) is 2.74. The molecular weight excluding hydrogens is 362 g/mol. The number of carbonyl (C=O) groups is 1. The molecule has 0 bridgehead atoms. The summed E-state index contributed by atoms with van der Waals surface area (Å²) in [5, 5.41) is 7.19. The molecule has 4 aromatic rings. The molecule has 0 atom stereocenters. The number of para-hydroxylation sites is 1. The SMILES string of the molecule is COc1ccc2ccccc2c1C=NNC(=O)c1cc2cccc(C)c2nc1C. The average molecular weight is 383 g/mol. The molecule has 29 heavy (non-hydrogen) atoms. The van der Waals surface area contributed by atoms with E-state index in [1.54, 1.807) is 13.3 Å². The van der Waals surface area contributed by atoms with Gasteiger partial charge in [0.2, 0.25) is 0 Å². The van der Waals surface area contributed by atoms with Crippen molar-refractivity contribution in [2.45, 2.75) is 13.8 Å². The summed E-state index contributed by atoms with van der Waals surface area (Å²) in [4.78, 5) is 17.3. The van der Waals surface area contributed by atoms with Gasteiger partial charge in [0.25, 0.3) is 5.91 Å². The lowest BCUT2D eigenvalue weighted by Crippen LogP contribution is -2.19. The van der Waals surface area contributed by atoms with Crippen molar-refractivity contribution in [2.75, 3.05) is 7.11 Å². The standard InChI is InChI=1S/C24H21N3O2/c1-15-7-6-9-18-13-20(16(2)26-23(15)18)24(28)27-25-14-21-19-10-5-4-8-17(19)11-12-22(21)29-3/h4-14H,1-3H3,(H,27,28). The van der Waals surface area contributed by atoms with E-state index in [1.165, 1.54) is 0 Å². The number of hydrazone groups is 1. The molecule has 0 unspecified atom stereocenters. The number of benzene rings is 3. The molecule has 3 aromatic carbocycles. The summed E-state index contributed by atoms with van der Waals surface area (Å²) < 4.78 is 5.46. The Morgan fingerprint density at radius 2 is 1.83 bits per heavy atom. The summed E-state index contributed by atoms with van der Waals surface area (Å²) in [6.45, 7) is 3.84. The van der Waals surface area contributed by atoms with E-state index < -0.39 is 0 Å². The first-order chi connectivity index (χ1) is 14.1. The van der Waals surface area contributed by atoms with Gasteiger partial charge in [-0.1, -0.05) is 48.5 Å². The molecule has 0 saturated carbocycles. The third-order valence-electron chi connectivity index (χ3n) is 4.99. The lowest BCUT2D eigenvalue weighted by atomic mass is 10.0. The molecule has 5 nitrogen and oxygen atoms in total. The molecule has 1 N–H and O–H groups in total. The lowest BCUT2D eigenvalue weighted by molar-refractivity contribution is 0.0954. The minimum Gasteiger partial charge on any atom is -0.496 e. The van der Waals surface area contributed by atoms with Gasteiger partial charge in [-0.05, 0) is 42.3 Å². The highest BCUT2D eigenvalue weighted by molar-refractivity contribution is 6.03. The smallest absolute Gasteiger partial charge is 0.273 e. The van der Waals surface area contributed by atoms with Crippen LogP contribution >= 0.6 is 0 Å². The normalized spacial score (nSPS) is 11.3. The second-order valence-electron chi connectivity index (χ2n) is 6.87. The first-order valence-corrected chi connectivity index (χ1v) is 9.34. The summed E-state index contributed by atoms with van der Waals surface area (Å²) in [7, 11) is 1.62. The first-order valence-electron chi connectivity index (χ1n) is 9.34. The van der Waals surface area contributed by atoms with E-state index in [-0.39, 0.29) is 5.91 Å². The van der Waals surface area contributed by atoms with E-state index >= 15 is 0 Å². The van der Waals surface area contributed by atoms with Crippen molar-refractivity contribution in [1.82, 2.24) is 10.4 Å². The van der Waals surface area contributed by atoms with Crippen LogP contribution in [0.1, 0.15) is 27.2 Å². The van der Waals surface area contributed by atoms with Gasteiger partial charge in [0, 0.05) is 10.9 Å². The molecule has 4 rings (SSSR count). The number of ether oxygens (including phenoxy) is 1. The molecule has 1 amide bonds. The van der Waals surface area contributed by atoms with Crippen LogP contribution in [-0.2, 0) is 0 Å². The number of pyridine rings is 1. The van der Waals surface area contributed by atoms with Crippen molar-refractivity contribution in [2.24, 2.45) is 5.10 Å². The number of amides is 1. The number of nitrogens with zero attached hydrogens (tertiary/aromatic N) is 2. The molecule has 5 heteroatoms. The maximum Gasteiger partial charge on any atom is 0.273 e. The Hall–Kier alpha value is -3.73. The number of aryl methyl sites for hydroxylation is 2. The molecule has 144 valence electrons. The van der Waals surface area contributed by atoms with Crippen molar-refractivity contribution >= 4 is 33.8 Å². The van der Waals surface area contributed by atoms with Crippen LogP contribution in [0.3, 0.4) is 0 Å². The Kier molecular flexibility index (Phi) is 4.96. The van der Waals surface area contributed by atoms with E-state index in [1.807, 2.05) is 74.5 Å². The number of carbonyl (C=O) groups excluding carboxylic acids is 1. The zero-order valence-corrected chi connectivity index (χ0v) is 16.6. The minimum absolute atomic E-state index is 0.297. The second kappa shape index (κ2) is 7.72. The number of rotatable bonds is 4. The second-order valence-corrected chi connectivity index (χ2v) is 6.87. The zero-order chi connectivity index (χ0) is 20.4. The van der Waals surface area contributed by atoms with Gasteiger partial charge in [-0.2, -0.15) is 5.10 Å². The topological polar surface area (TPSA) is 63.6 Å². The summed E-state index contributed by atoms with van der Waals surface area (Å²) in [6, 6.07) is 19.6. The lowest BCUT2D eigenvalue weighted by Gasteiger charge is -2.09. The van der Waals surface area contributed by atoms with Gasteiger partial charge >= 0.3 is 0 Å². The van der Waals surface area contributed by atoms with Crippen molar-refractivity contribution in [3.8, 4) is 5.75 Å². The third kappa shape index (κ3) is 3.55. The van der Waals surface area contributed by atoms with Crippen LogP contribution in [0.25, 0.3) is 21.7 Å². The number of fused-ring (bicyclic) bond motifs is 2. The van der Waals surface area contributed by atoms with Crippen LogP contribution in [0.4, 0.5) is 0 Å². The fraction of sp³-hybridized carbons (Fsp3) is 0.125. The van der Waals surface area contributed by atoms with Crippen molar-refractivity contribution in [3.05, 3.63) is 83.0 Å². The van der Waals surface area contributed by atoms with E-state index in [0.29, 0.717) is 17.0 Å². The Morgan fingerprint density at radius 1 is 1.03 bits per heavy atom. The number of nitrogens with one attached hydrogen (secondary N) is 1. The summed E-state index contributed by atoms with van der Waals surface area (Å²) >= 11 is 0. The predicted octanol–water partition coefficient (Wildman–Crippen LogP) is 4.78. The summed E-state index contributed by atoms with van der Waals surface area (Å²) in [5.41, 5.74) is 6.60. The molecule has 0 aliphatic carbocycles. The van der Waals surface area contributed by atoms with Crippen molar-refractivity contribution in [1.29, 1.82) is 0 Å². The summed E-state index contributed by atoms with van der Waals surface area (Å²) in [5.74, 6) is 0.398. The monoisotopic (exact) mass is 383 g/mol. The minimum atomic E-state index is -0.297. The first kappa shape index (κ1) is 18.6. The molecule has 0 aliphatic rings. The summed E-state index contributed by atoms with van der Waals surface area (Å²) in [6.07, 6.45) is 1.62. The maximum absolute atomic E-state index is 12.7. The highest BCUT2D eigenvalue weighted by Gasteiger charge is 2.12. The zero-order valence-electron chi connectivity index (χ0n) is 16.6. The molecule has 0 aliphatic heterocycles. The predicted molar refractivity (Wildman–Crippen MR) is 117 cm³/mol. The van der Waals surface area contributed by atoms with Gasteiger partial charge in [-0.25, -0.2) is 5.43 Å². The fourth-order valence-electron chi connectivity index (χ4n) is 3.47. The third-order valence-corrected chi connectivity index (χ3v) is 4.99. The van der Waals surface area contributed by atoms with Gasteiger partial charge in [0.15, 0.2) is 0 Å². The molecular formula is C24H21N3O2. The van der Waals surface area contributed by atoms with Crippen LogP contribution in [0.5, 0.6) is 5.75 Å². The van der Waals surface area contributed by atoms with Gasteiger partial charge in [0.05, 0.1) is 30.1 Å². The van der Waals surface area contributed by atoms with Gasteiger partial charge in [-0.3, -0.25) is 9.78 Å². The van der Waals surface area contributed by atoms with Crippen LogP contribution < -0.4 is 10.2 Å². The van der Waals surface area contributed by atoms with Gasteiger partial charge < -0.3 is 4.74 Å². The highest BCUT2D eigenvalue weighted by atomic mass is 16.5. The van der Waals surface area contributed by atoms with Crippen LogP contribution in [-0.4, -0.2) is 24.2 Å². The van der Waals surface area contributed by atoms with E-state index in [0.717, 1.165) is 32.8 Å². The van der Waals surface area contributed by atoms with Crippen LogP contribution in [0.15, 0.2) is 65.8 Å². The van der Waals surface area contributed by atoms with E-state index in [9.17, 15) is 4.79 Å². The molecule has 1 heterocycles. The highest BCUT2D eigenvalue weighted by Crippen LogP contribution is 2.26. The molecule has 0 fully saturated rings. The van der Waals surface area contributed by atoms with Gasteiger partial charge in [-0.15, -0.1) is 0 Å².